The third-order valence-corrected chi connectivity index (χ3v) is 5.56. The maximum Gasteiger partial charge on any atom is 0.310 e. The Labute approximate surface area is 120 Å². The van der Waals surface area contributed by atoms with Crippen LogP contribution in [-0.2, 0) is 14.3 Å². The number of rotatable bonds is 3. The molecule has 1 N–H and O–H groups in total. The van der Waals surface area contributed by atoms with Gasteiger partial charge in [0.25, 0.3) is 0 Å². The van der Waals surface area contributed by atoms with E-state index in [9.17, 15) is 9.90 Å². The Morgan fingerprint density at radius 1 is 1.40 bits per heavy atom. The van der Waals surface area contributed by atoms with E-state index in [1.165, 1.54) is 0 Å². The van der Waals surface area contributed by atoms with Crippen molar-refractivity contribution in [1.82, 2.24) is 4.90 Å². The smallest absolute Gasteiger partial charge is 0.310 e. The molecule has 3 fully saturated rings. The van der Waals surface area contributed by atoms with E-state index in [0.29, 0.717) is 19.2 Å². The SMILES string of the molecule is CCC1(C(=O)O)CCN(C2CCOC3(CCOC3)C2)C1. The molecule has 5 heteroatoms. The highest BCUT2D eigenvalue weighted by Crippen LogP contribution is 2.40. The fourth-order valence-electron chi connectivity index (χ4n) is 4.01. The number of aliphatic carboxylic acids is 1. The van der Waals surface area contributed by atoms with Crippen LogP contribution in [0.4, 0.5) is 0 Å². The summed E-state index contributed by atoms with van der Waals surface area (Å²) in [5.74, 6) is -0.631. The van der Waals surface area contributed by atoms with E-state index in [1.807, 2.05) is 6.92 Å². The highest BCUT2D eigenvalue weighted by atomic mass is 16.6. The molecule has 5 nitrogen and oxygen atoms in total. The summed E-state index contributed by atoms with van der Waals surface area (Å²) in [5, 5.41) is 9.51. The molecule has 3 aliphatic heterocycles. The number of hydrogen-bond donors (Lipinski definition) is 1. The molecule has 0 amide bonds. The van der Waals surface area contributed by atoms with Gasteiger partial charge in [-0.2, -0.15) is 0 Å². The van der Waals surface area contributed by atoms with Crippen molar-refractivity contribution in [3.63, 3.8) is 0 Å². The van der Waals surface area contributed by atoms with E-state index in [0.717, 1.165) is 51.9 Å². The minimum absolute atomic E-state index is 0.0936. The van der Waals surface area contributed by atoms with Crippen molar-refractivity contribution in [2.75, 3.05) is 32.9 Å². The van der Waals surface area contributed by atoms with Gasteiger partial charge < -0.3 is 14.6 Å². The standard InChI is InChI=1S/C15H25NO4/c1-2-14(13(17)18)4-6-16(10-14)12-3-7-20-15(9-12)5-8-19-11-15/h12H,2-11H2,1H3,(H,17,18). The molecule has 0 radical (unpaired) electrons. The average Bonchev–Trinajstić information content (AvgIpc) is 3.07. The number of carboxylic acid groups (broad SMARTS) is 1. The average molecular weight is 283 g/mol. The number of likely N-dealkylation sites (tertiary alicyclic amines) is 1. The van der Waals surface area contributed by atoms with E-state index >= 15 is 0 Å². The van der Waals surface area contributed by atoms with Crippen LogP contribution in [0.25, 0.3) is 0 Å². The van der Waals surface area contributed by atoms with E-state index in [1.54, 1.807) is 0 Å². The molecule has 3 saturated heterocycles. The van der Waals surface area contributed by atoms with Crippen molar-refractivity contribution < 1.29 is 19.4 Å². The first kappa shape index (κ1) is 14.3. The number of hydrogen-bond acceptors (Lipinski definition) is 4. The van der Waals surface area contributed by atoms with Crippen molar-refractivity contribution >= 4 is 5.97 Å². The minimum atomic E-state index is -0.631. The third-order valence-electron chi connectivity index (χ3n) is 5.56. The lowest BCUT2D eigenvalue weighted by Crippen LogP contribution is -2.49. The van der Waals surface area contributed by atoms with Gasteiger partial charge in [-0.15, -0.1) is 0 Å². The van der Waals surface area contributed by atoms with Crippen LogP contribution < -0.4 is 0 Å². The van der Waals surface area contributed by atoms with E-state index in [4.69, 9.17) is 9.47 Å². The molecule has 3 rings (SSSR count). The first-order valence-corrected chi connectivity index (χ1v) is 7.78. The number of carbonyl (C=O) groups is 1. The van der Waals surface area contributed by atoms with Crippen molar-refractivity contribution in [2.45, 2.75) is 50.7 Å². The second kappa shape index (κ2) is 5.28. The van der Waals surface area contributed by atoms with Gasteiger partial charge in [0.05, 0.1) is 17.6 Å². The van der Waals surface area contributed by atoms with Crippen molar-refractivity contribution in [2.24, 2.45) is 5.41 Å². The maximum absolute atomic E-state index is 11.6. The normalized spacial score (nSPS) is 42.4. The van der Waals surface area contributed by atoms with E-state index in [2.05, 4.69) is 4.90 Å². The first-order valence-electron chi connectivity index (χ1n) is 7.78. The molecule has 0 aromatic rings. The summed E-state index contributed by atoms with van der Waals surface area (Å²) in [6.45, 7) is 5.86. The Kier molecular flexibility index (Phi) is 3.77. The minimum Gasteiger partial charge on any atom is -0.481 e. The summed E-state index contributed by atoms with van der Waals surface area (Å²) >= 11 is 0. The first-order chi connectivity index (χ1) is 9.59. The molecule has 0 aliphatic carbocycles. The van der Waals surface area contributed by atoms with Crippen LogP contribution in [0.2, 0.25) is 0 Å². The highest BCUT2D eigenvalue weighted by Gasteiger charge is 2.48. The summed E-state index contributed by atoms with van der Waals surface area (Å²) in [5.41, 5.74) is -0.624. The topological polar surface area (TPSA) is 59.0 Å². The molecule has 0 bridgehead atoms. The van der Waals surface area contributed by atoms with Crippen LogP contribution in [0.15, 0.2) is 0 Å². The largest absolute Gasteiger partial charge is 0.481 e. The van der Waals surface area contributed by atoms with E-state index < -0.39 is 11.4 Å². The van der Waals surface area contributed by atoms with E-state index in [-0.39, 0.29) is 5.60 Å². The molecule has 0 aromatic heterocycles. The number of carboxylic acids is 1. The van der Waals surface area contributed by atoms with Crippen molar-refractivity contribution in [1.29, 1.82) is 0 Å². The lowest BCUT2D eigenvalue weighted by Gasteiger charge is -2.41. The van der Waals surface area contributed by atoms with Crippen LogP contribution in [0, 0.1) is 5.41 Å². The summed E-state index contributed by atoms with van der Waals surface area (Å²) in [6, 6.07) is 0.457. The van der Waals surface area contributed by atoms with Gasteiger partial charge in [-0.3, -0.25) is 9.69 Å². The zero-order valence-corrected chi connectivity index (χ0v) is 12.3. The summed E-state index contributed by atoms with van der Waals surface area (Å²) in [4.78, 5) is 14.0. The van der Waals surface area contributed by atoms with Gasteiger partial charge in [0.1, 0.15) is 0 Å². The summed E-state index contributed by atoms with van der Waals surface area (Å²) in [7, 11) is 0. The molecular formula is C15H25NO4. The van der Waals surface area contributed by atoms with Gasteiger partial charge in [-0.05, 0) is 32.2 Å². The monoisotopic (exact) mass is 283 g/mol. The zero-order chi connectivity index (χ0) is 14.2. The molecule has 0 saturated carbocycles. The number of ether oxygens (including phenoxy) is 2. The van der Waals surface area contributed by atoms with Crippen LogP contribution >= 0.6 is 0 Å². The molecule has 114 valence electrons. The maximum atomic E-state index is 11.6. The van der Waals surface area contributed by atoms with Gasteiger partial charge >= 0.3 is 5.97 Å². The second-order valence-electron chi connectivity index (χ2n) is 6.64. The number of nitrogens with zero attached hydrogens (tertiary/aromatic N) is 1. The summed E-state index contributed by atoms with van der Waals surface area (Å²) < 4.78 is 11.5. The Bertz CT molecular complexity index is 380. The third kappa shape index (κ3) is 2.36. The van der Waals surface area contributed by atoms with Gasteiger partial charge in [0, 0.05) is 32.2 Å². The lowest BCUT2D eigenvalue weighted by molar-refractivity contribution is -0.148. The molecule has 0 aromatic carbocycles. The van der Waals surface area contributed by atoms with Gasteiger partial charge in [0.15, 0.2) is 0 Å². The molecular weight excluding hydrogens is 258 g/mol. The fraction of sp³-hybridized carbons (Fsp3) is 0.933. The Hall–Kier alpha value is -0.650. The quantitative estimate of drug-likeness (QED) is 0.851. The van der Waals surface area contributed by atoms with Gasteiger partial charge in [-0.25, -0.2) is 0 Å². The fourth-order valence-corrected chi connectivity index (χ4v) is 4.01. The van der Waals surface area contributed by atoms with Crippen molar-refractivity contribution in [3.8, 4) is 0 Å². The predicted octanol–water partition coefficient (Wildman–Crippen LogP) is 1.51. The second-order valence-corrected chi connectivity index (χ2v) is 6.64. The van der Waals surface area contributed by atoms with Crippen LogP contribution in [0.1, 0.15) is 39.0 Å². The Balaban J connectivity index is 1.67. The van der Waals surface area contributed by atoms with Crippen LogP contribution in [-0.4, -0.2) is 60.5 Å². The van der Waals surface area contributed by atoms with Gasteiger partial charge in [0.2, 0.25) is 0 Å². The Morgan fingerprint density at radius 2 is 2.25 bits per heavy atom. The van der Waals surface area contributed by atoms with Crippen LogP contribution in [0.3, 0.4) is 0 Å². The molecule has 3 heterocycles. The molecule has 20 heavy (non-hydrogen) atoms. The highest BCUT2D eigenvalue weighted by molar-refractivity contribution is 5.75. The van der Waals surface area contributed by atoms with Crippen molar-refractivity contribution in [3.05, 3.63) is 0 Å². The molecule has 1 spiro atoms. The molecule has 3 unspecified atom stereocenters. The molecule has 3 aliphatic rings. The molecule has 3 atom stereocenters. The predicted molar refractivity (Wildman–Crippen MR) is 73.7 cm³/mol. The Morgan fingerprint density at radius 3 is 2.85 bits per heavy atom. The lowest BCUT2D eigenvalue weighted by atomic mass is 9.84. The zero-order valence-electron chi connectivity index (χ0n) is 12.3. The van der Waals surface area contributed by atoms with Crippen LogP contribution in [0.5, 0.6) is 0 Å². The van der Waals surface area contributed by atoms with Gasteiger partial charge in [-0.1, -0.05) is 6.92 Å². The summed E-state index contributed by atoms with van der Waals surface area (Å²) in [6.07, 6.45) is 4.48.